The third-order valence-corrected chi connectivity index (χ3v) is 2.96. The number of esters is 1. The minimum Gasteiger partial charge on any atom is -0.450 e. The highest BCUT2D eigenvalue weighted by Gasteiger charge is 2.16. The summed E-state index contributed by atoms with van der Waals surface area (Å²) >= 11 is 3.04. The number of nitrogens with one attached hydrogen (secondary N) is 1. The third-order valence-electron chi connectivity index (χ3n) is 2.54. The Hall–Kier alpha value is -2.35. The molecule has 0 radical (unpaired) electrons. The van der Waals surface area contributed by atoms with Crippen LogP contribution >= 0.6 is 15.9 Å². The van der Waals surface area contributed by atoms with Gasteiger partial charge in [0.15, 0.2) is 11.3 Å². The summed E-state index contributed by atoms with van der Waals surface area (Å²) in [5.41, 5.74) is 0.324. The van der Waals surface area contributed by atoms with Crippen molar-refractivity contribution in [1.29, 1.82) is 0 Å². The van der Waals surface area contributed by atoms with Crippen LogP contribution in [0.2, 0.25) is 0 Å². The van der Waals surface area contributed by atoms with Crippen LogP contribution in [0.1, 0.15) is 21.0 Å². The van der Waals surface area contributed by atoms with Gasteiger partial charge in [0.1, 0.15) is 5.69 Å². The van der Waals surface area contributed by atoms with Gasteiger partial charge in [-0.05, 0) is 40.2 Å². The van der Waals surface area contributed by atoms with E-state index in [4.69, 9.17) is 9.15 Å². The van der Waals surface area contributed by atoms with Crippen molar-refractivity contribution in [2.75, 3.05) is 6.61 Å². The Morgan fingerprint density at radius 3 is 2.67 bits per heavy atom. The molecular weight excluding hydrogens is 344 g/mol. The van der Waals surface area contributed by atoms with Gasteiger partial charge in [-0.1, -0.05) is 0 Å². The fourth-order valence-electron chi connectivity index (χ4n) is 1.55. The molecule has 7 nitrogen and oxygen atoms in total. The molecule has 110 valence electrons. The van der Waals surface area contributed by atoms with Crippen molar-refractivity contribution in [3.05, 3.63) is 46.6 Å². The molecule has 2 amide bonds. The number of amides is 2. The minimum atomic E-state index is -0.790. The number of carbonyl (C=O) groups is 3. The van der Waals surface area contributed by atoms with Gasteiger partial charge in [-0.15, -0.1) is 0 Å². The number of carbonyl (C=O) groups excluding carboxylic acids is 3. The summed E-state index contributed by atoms with van der Waals surface area (Å²) in [6.45, 7) is -0.576. The maximum atomic E-state index is 11.7. The van der Waals surface area contributed by atoms with Crippen LogP contribution in [0.4, 0.5) is 0 Å². The molecule has 0 saturated carbocycles. The Labute approximate surface area is 128 Å². The van der Waals surface area contributed by atoms with Crippen LogP contribution in [-0.4, -0.2) is 29.0 Å². The third kappa shape index (κ3) is 3.82. The van der Waals surface area contributed by atoms with Crippen LogP contribution in [-0.2, 0) is 16.6 Å². The molecule has 0 bridgehead atoms. The molecule has 0 spiro atoms. The van der Waals surface area contributed by atoms with Crippen molar-refractivity contribution < 1.29 is 23.5 Å². The molecule has 8 heteroatoms. The molecule has 0 aliphatic carbocycles. The molecule has 0 fully saturated rings. The van der Waals surface area contributed by atoms with Gasteiger partial charge < -0.3 is 13.7 Å². The second-order valence-electron chi connectivity index (χ2n) is 4.06. The van der Waals surface area contributed by atoms with E-state index in [0.717, 1.165) is 0 Å². The first kappa shape index (κ1) is 15.0. The zero-order chi connectivity index (χ0) is 15.4. The Morgan fingerprint density at radius 2 is 2.10 bits per heavy atom. The van der Waals surface area contributed by atoms with Crippen LogP contribution in [0, 0.1) is 0 Å². The van der Waals surface area contributed by atoms with Gasteiger partial charge in [-0.25, -0.2) is 4.79 Å². The van der Waals surface area contributed by atoms with E-state index in [2.05, 4.69) is 21.2 Å². The smallest absolute Gasteiger partial charge is 0.374 e. The highest BCUT2D eigenvalue weighted by atomic mass is 79.9. The number of hydrogen-bond acceptors (Lipinski definition) is 5. The molecular formula is C13H11BrN2O5. The Kier molecular flexibility index (Phi) is 4.59. The van der Waals surface area contributed by atoms with E-state index in [-0.39, 0.29) is 5.76 Å². The summed E-state index contributed by atoms with van der Waals surface area (Å²) in [6.07, 6.45) is 1.67. The van der Waals surface area contributed by atoms with Gasteiger partial charge >= 0.3 is 5.97 Å². The molecule has 2 aromatic heterocycles. The molecule has 0 unspecified atom stereocenters. The molecule has 0 aliphatic rings. The number of furan rings is 1. The zero-order valence-electron chi connectivity index (χ0n) is 11.0. The molecule has 2 heterocycles. The summed E-state index contributed by atoms with van der Waals surface area (Å²) < 4.78 is 11.6. The van der Waals surface area contributed by atoms with Crippen molar-refractivity contribution in [2.45, 2.75) is 0 Å². The van der Waals surface area contributed by atoms with E-state index < -0.39 is 24.4 Å². The number of halogens is 1. The van der Waals surface area contributed by atoms with E-state index in [0.29, 0.717) is 10.4 Å². The highest BCUT2D eigenvalue weighted by molar-refractivity contribution is 9.10. The fourth-order valence-corrected chi connectivity index (χ4v) is 1.86. The number of hydrogen-bond donors (Lipinski definition) is 1. The number of nitrogens with zero attached hydrogens (tertiary/aromatic N) is 1. The molecule has 0 aliphatic heterocycles. The lowest BCUT2D eigenvalue weighted by molar-refractivity contribution is -0.123. The van der Waals surface area contributed by atoms with E-state index in [1.54, 1.807) is 29.9 Å². The fraction of sp³-hybridized carbons (Fsp3) is 0.154. The molecule has 21 heavy (non-hydrogen) atoms. The number of ether oxygens (including phenoxy) is 1. The maximum Gasteiger partial charge on any atom is 0.374 e. The summed E-state index contributed by atoms with van der Waals surface area (Å²) in [4.78, 5) is 34.8. The van der Waals surface area contributed by atoms with Crippen LogP contribution in [0.3, 0.4) is 0 Å². The van der Waals surface area contributed by atoms with Gasteiger partial charge in [-0.2, -0.15) is 0 Å². The zero-order valence-corrected chi connectivity index (χ0v) is 12.5. The normalized spacial score (nSPS) is 10.2. The van der Waals surface area contributed by atoms with Gasteiger partial charge in [0.2, 0.25) is 5.76 Å². The molecule has 0 atom stereocenters. The highest BCUT2D eigenvalue weighted by Crippen LogP contribution is 2.14. The second kappa shape index (κ2) is 6.40. The van der Waals surface area contributed by atoms with Crippen LogP contribution in [0.25, 0.3) is 0 Å². The van der Waals surface area contributed by atoms with E-state index in [9.17, 15) is 14.4 Å². The predicted molar refractivity (Wildman–Crippen MR) is 74.6 cm³/mol. The lowest BCUT2D eigenvalue weighted by Crippen LogP contribution is -2.35. The summed E-state index contributed by atoms with van der Waals surface area (Å²) in [7, 11) is 1.67. The van der Waals surface area contributed by atoms with Crippen LogP contribution in [0.5, 0.6) is 0 Å². The van der Waals surface area contributed by atoms with Crippen molar-refractivity contribution in [3.8, 4) is 0 Å². The second-order valence-corrected chi connectivity index (χ2v) is 4.84. The van der Waals surface area contributed by atoms with Crippen LogP contribution in [0.15, 0.2) is 39.5 Å². The lowest BCUT2D eigenvalue weighted by Gasteiger charge is -2.05. The summed E-state index contributed by atoms with van der Waals surface area (Å²) in [5.74, 6) is -2.12. The Bertz CT molecular complexity index is 688. The standard InChI is InChI=1S/C13H11BrN2O5/c1-16-6-2-3-8(16)12(18)15-11(17)7-20-13(19)9-4-5-10(14)21-9/h2-6H,7H2,1H3,(H,15,17,18). The Morgan fingerprint density at radius 1 is 1.33 bits per heavy atom. The lowest BCUT2D eigenvalue weighted by atomic mass is 10.4. The SMILES string of the molecule is Cn1cccc1C(=O)NC(=O)COC(=O)c1ccc(Br)o1. The topological polar surface area (TPSA) is 90.5 Å². The summed E-state index contributed by atoms with van der Waals surface area (Å²) in [6, 6.07) is 6.16. The summed E-state index contributed by atoms with van der Waals surface area (Å²) in [5, 5.41) is 2.12. The van der Waals surface area contributed by atoms with Crippen molar-refractivity contribution >= 4 is 33.7 Å². The molecule has 2 rings (SSSR count). The monoisotopic (exact) mass is 354 g/mol. The first-order valence-corrected chi connectivity index (χ1v) is 6.64. The van der Waals surface area contributed by atoms with Gasteiger partial charge in [0.05, 0.1) is 0 Å². The van der Waals surface area contributed by atoms with Crippen molar-refractivity contribution in [1.82, 2.24) is 9.88 Å². The average molecular weight is 355 g/mol. The number of aromatic nitrogens is 1. The first-order chi connectivity index (χ1) is 9.97. The quantitative estimate of drug-likeness (QED) is 0.840. The largest absolute Gasteiger partial charge is 0.450 e. The van der Waals surface area contributed by atoms with E-state index >= 15 is 0 Å². The van der Waals surface area contributed by atoms with Gasteiger partial charge in [0, 0.05) is 13.2 Å². The molecule has 1 N–H and O–H groups in total. The first-order valence-electron chi connectivity index (χ1n) is 5.85. The van der Waals surface area contributed by atoms with Crippen molar-refractivity contribution in [2.24, 2.45) is 7.05 Å². The van der Waals surface area contributed by atoms with Crippen molar-refractivity contribution in [3.63, 3.8) is 0 Å². The van der Waals surface area contributed by atoms with Crippen LogP contribution < -0.4 is 5.32 Å². The van der Waals surface area contributed by atoms with Gasteiger partial charge in [-0.3, -0.25) is 14.9 Å². The van der Waals surface area contributed by atoms with E-state index in [1.165, 1.54) is 12.1 Å². The Balaban J connectivity index is 1.84. The molecule has 2 aromatic rings. The molecule has 0 saturated heterocycles. The minimum absolute atomic E-state index is 0.0385. The molecule has 0 aromatic carbocycles. The maximum absolute atomic E-state index is 11.7. The van der Waals surface area contributed by atoms with Gasteiger partial charge in [0.25, 0.3) is 11.8 Å². The number of aryl methyl sites for hydroxylation is 1. The number of imide groups is 1. The number of rotatable bonds is 4. The van der Waals surface area contributed by atoms with E-state index in [1.807, 2.05) is 0 Å². The average Bonchev–Trinajstić information content (AvgIpc) is 3.04. The predicted octanol–water partition coefficient (Wildman–Crippen LogP) is 1.49.